The average Bonchev–Trinajstić information content (AvgIpc) is 3.36. The maximum atomic E-state index is 12.9. The Balaban J connectivity index is 1.56. The second-order valence-electron chi connectivity index (χ2n) is 6.26. The van der Waals surface area contributed by atoms with E-state index in [0.717, 1.165) is 41.7 Å². The molecule has 116 valence electrons. The number of likely N-dealkylation sites (tertiary alicyclic amines) is 1. The van der Waals surface area contributed by atoms with E-state index in [2.05, 4.69) is 15.5 Å². The minimum absolute atomic E-state index is 0.0156. The predicted octanol–water partition coefficient (Wildman–Crippen LogP) is 2.01. The van der Waals surface area contributed by atoms with E-state index in [0.29, 0.717) is 17.8 Å². The van der Waals surface area contributed by atoms with Crippen LogP contribution in [0, 0.1) is 0 Å². The maximum Gasteiger partial charge on any atom is 0.275 e. The zero-order valence-electron chi connectivity index (χ0n) is 12.5. The summed E-state index contributed by atoms with van der Waals surface area (Å²) in [5, 5.41) is 11.5. The number of piperazine rings is 1. The summed E-state index contributed by atoms with van der Waals surface area (Å²) in [6.45, 7) is 1.66. The van der Waals surface area contributed by atoms with Crippen molar-refractivity contribution in [3.63, 3.8) is 0 Å². The fourth-order valence-electron chi connectivity index (χ4n) is 3.72. The van der Waals surface area contributed by atoms with Gasteiger partial charge in [0.1, 0.15) is 5.76 Å². The lowest BCUT2D eigenvalue weighted by Gasteiger charge is -2.26. The standard InChI is InChI=1S/C17H16N4O2/c22-17(21-9-11-7-12(21)8-18-11)16-13-6-10(15-2-1-5-23-15)3-4-14(13)19-20-16/h1-6,11-12,18H,7-9H2,(H,19,20)/t11-,12-/m0/s1. The molecule has 0 aliphatic carbocycles. The molecule has 2 saturated heterocycles. The Morgan fingerprint density at radius 2 is 2.30 bits per heavy atom. The Labute approximate surface area is 132 Å². The van der Waals surface area contributed by atoms with Gasteiger partial charge in [-0.1, -0.05) is 0 Å². The highest BCUT2D eigenvalue weighted by atomic mass is 16.3. The van der Waals surface area contributed by atoms with Gasteiger partial charge in [-0.25, -0.2) is 0 Å². The van der Waals surface area contributed by atoms with Crippen LogP contribution in [-0.2, 0) is 0 Å². The second-order valence-corrected chi connectivity index (χ2v) is 6.26. The monoisotopic (exact) mass is 308 g/mol. The zero-order valence-corrected chi connectivity index (χ0v) is 12.5. The molecule has 6 nitrogen and oxygen atoms in total. The number of aromatic nitrogens is 2. The zero-order chi connectivity index (χ0) is 15.4. The van der Waals surface area contributed by atoms with Gasteiger partial charge in [0.2, 0.25) is 0 Å². The first-order chi connectivity index (χ1) is 11.3. The van der Waals surface area contributed by atoms with Crippen molar-refractivity contribution in [2.45, 2.75) is 18.5 Å². The molecule has 2 N–H and O–H groups in total. The smallest absolute Gasteiger partial charge is 0.275 e. The van der Waals surface area contributed by atoms with Crippen molar-refractivity contribution in [3.05, 3.63) is 42.3 Å². The molecule has 1 aromatic carbocycles. The van der Waals surface area contributed by atoms with E-state index in [-0.39, 0.29) is 5.91 Å². The molecule has 1 amide bonds. The Kier molecular flexibility index (Phi) is 2.63. The van der Waals surface area contributed by atoms with Gasteiger partial charge < -0.3 is 14.6 Å². The van der Waals surface area contributed by atoms with Crippen molar-refractivity contribution in [2.24, 2.45) is 0 Å². The highest BCUT2D eigenvalue weighted by molar-refractivity contribution is 6.05. The number of hydrogen-bond donors (Lipinski definition) is 2. The molecule has 2 aliphatic rings. The third-order valence-corrected chi connectivity index (χ3v) is 4.89. The van der Waals surface area contributed by atoms with Crippen LogP contribution >= 0.6 is 0 Å². The van der Waals surface area contributed by atoms with Crippen LogP contribution in [0.2, 0.25) is 0 Å². The van der Waals surface area contributed by atoms with Crippen molar-refractivity contribution < 1.29 is 9.21 Å². The molecular formula is C17H16N4O2. The van der Waals surface area contributed by atoms with Gasteiger partial charge in [-0.3, -0.25) is 9.89 Å². The molecule has 6 heteroatoms. The normalized spacial score (nSPS) is 23.0. The second kappa shape index (κ2) is 4.70. The molecule has 2 aliphatic heterocycles. The molecule has 5 rings (SSSR count). The predicted molar refractivity (Wildman–Crippen MR) is 85.0 cm³/mol. The third kappa shape index (κ3) is 1.91. The average molecular weight is 308 g/mol. The summed E-state index contributed by atoms with van der Waals surface area (Å²) in [5.74, 6) is 0.803. The first-order valence-electron chi connectivity index (χ1n) is 7.86. The lowest BCUT2D eigenvalue weighted by molar-refractivity contribution is 0.0712. The molecule has 0 saturated carbocycles. The van der Waals surface area contributed by atoms with Crippen molar-refractivity contribution in [3.8, 4) is 11.3 Å². The summed E-state index contributed by atoms with van der Waals surface area (Å²) in [4.78, 5) is 14.9. The number of rotatable bonds is 2. The van der Waals surface area contributed by atoms with Gasteiger partial charge in [0.05, 0.1) is 11.8 Å². The number of H-pyrrole nitrogens is 1. The van der Waals surface area contributed by atoms with E-state index in [1.807, 2.05) is 35.2 Å². The van der Waals surface area contributed by atoms with E-state index in [1.54, 1.807) is 6.26 Å². The number of amides is 1. The molecule has 2 bridgehead atoms. The van der Waals surface area contributed by atoms with Crippen LogP contribution in [-0.4, -0.2) is 46.2 Å². The van der Waals surface area contributed by atoms with Crippen LogP contribution in [0.25, 0.3) is 22.2 Å². The van der Waals surface area contributed by atoms with Crippen molar-refractivity contribution in [2.75, 3.05) is 13.1 Å². The quantitative estimate of drug-likeness (QED) is 0.759. The van der Waals surface area contributed by atoms with Crippen LogP contribution in [0.1, 0.15) is 16.9 Å². The number of nitrogens with one attached hydrogen (secondary N) is 2. The SMILES string of the molecule is O=C(c1n[nH]c2ccc(-c3ccco3)cc12)N1C[C@@H]2C[C@H]1CN2. The molecular weight excluding hydrogens is 292 g/mol. The van der Waals surface area contributed by atoms with Crippen LogP contribution < -0.4 is 5.32 Å². The summed E-state index contributed by atoms with van der Waals surface area (Å²) in [6.07, 6.45) is 2.70. The van der Waals surface area contributed by atoms with E-state index in [1.165, 1.54) is 0 Å². The summed E-state index contributed by atoms with van der Waals surface area (Å²) in [7, 11) is 0. The maximum absolute atomic E-state index is 12.9. The van der Waals surface area contributed by atoms with Crippen LogP contribution in [0.5, 0.6) is 0 Å². The van der Waals surface area contributed by atoms with Gasteiger partial charge in [0, 0.05) is 36.1 Å². The summed E-state index contributed by atoms with van der Waals surface area (Å²) in [6, 6.07) is 10.4. The molecule has 3 aromatic rings. The Hall–Kier alpha value is -2.60. The van der Waals surface area contributed by atoms with Crippen LogP contribution in [0.15, 0.2) is 41.0 Å². The number of furan rings is 1. The topological polar surface area (TPSA) is 74.2 Å². The number of benzene rings is 1. The number of carbonyl (C=O) groups excluding carboxylic acids is 1. The largest absolute Gasteiger partial charge is 0.464 e. The Bertz CT molecular complexity index is 883. The fraction of sp³-hybridized carbons (Fsp3) is 0.294. The molecule has 4 heterocycles. The fourth-order valence-corrected chi connectivity index (χ4v) is 3.72. The van der Waals surface area contributed by atoms with Gasteiger partial charge >= 0.3 is 0 Å². The molecule has 2 aromatic heterocycles. The number of hydrogen-bond acceptors (Lipinski definition) is 4. The molecule has 2 fully saturated rings. The Morgan fingerprint density at radius 3 is 3.04 bits per heavy atom. The molecule has 0 unspecified atom stereocenters. The Morgan fingerprint density at radius 1 is 1.35 bits per heavy atom. The minimum Gasteiger partial charge on any atom is -0.464 e. The number of carbonyl (C=O) groups is 1. The van der Waals surface area contributed by atoms with Gasteiger partial charge in [0.15, 0.2) is 5.69 Å². The molecule has 0 spiro atoms. The van der Waals surface area contributed by atoms with Gasteiger partial charge in [0.25, 0.3) is 5.91 Å². The summed E-state index contributed by atoms with van der Waals surface area (Å²) < 4.78 is 5.45. The minimum atomic E-state index is 0.0156. The van der Waals surface area contributed by atoms with Crippen LogP contribution in [0.3, 0.4) is 0 Å². The first kappa shape index (κ1) is 12.9. The van der Waals surface area contributed by atoms with E-state index in [9.17, 15) is 4.79 Å². The van der Waals surface area contributed by atoms with Crippen LogP contribution in [0.4, 0.5) is 0 Å². The highest BCUT2D eigenvalue weighted by Crippen LogP contribution is 2.29. The molecule has 2 atom stereocenters. The van der Waals surface area contributed by atoms with Crippen molar-refractivity contribution >= 4 is 16.8 Å². The first-order valence-corrected chi connectivity index (χ1v) is 7.86. The van der Waals surface area contributed by atoms with Crippen molar-refractivity contribution in [1.29, 1.82) is 0 Å². The van der Waals surface area contributed by atoms with E-state index < -0.39 is 0 Å². The van der Waals surface area contributed by atoms with E-state index >= 15 is 0 Å². The highest BCUT2D eigenvalue weighted by Gasteiger charge is 2.41. The van der Waals surface area contributed by atoms with Gasteiger partial charge in [-0.05, 0) is 36.8 Å². The third-order valence-electron chi connectivity index (χ3n) is 4.89. The van der Waals surface area contributed by atoms with Gasteiger partial charge in [-0.2, -0.15) is 5.10 Å². The summed E-state index contributed by atoms with van der Waals surface area (Å²) >= 11 is 0. The summed E-state index contributed by atoms with van der Waals surface area (Å²) in [5.41, 5.74) is 2.31. The lowest BCUT2D eigenvalue weighted by Crippen LogP contribution is -2.46. The lowest BCUT2D eigenvalue weighted by atomic mass is 10.1. The van der Waals surface area contributed by atoms with E-state index in [4.69, 9.17) is 4.42 Å². The molecule has 23 heavy (non-hydrogen) atoms. The molecule has 0 radical (unpaired) electrons. The van der Waals surface area contributed by atoms with Gasteiger partial charge in [-0.15, -0.1) is 0 Å². The number of aromatic amines is 1. The number of fused-ring (bicyclic) bond motifs is 3. The number of nitrogens with zero attached hydrogens (tertiary/aromatic N) is 2. The van der Waals surface area contributed by atoms with Crippen molar-refractivity contribution in [1.82, 2.24) is 20.4 Å².